The number of amides is 4. The number of imidazole rings is 1. The molecule has 1 aliphatic rings. The van der Waals surface area contributed by atoms with Crippen molar-refractivity contribution >= 4 is 23.8 Å². The SMILES string of the molecule is Cc1c(C)[n+]([O-])c([C@H](c2cccnc2)C2C(=O)NC(=O)NC2=O)n1CC(=O)O. The van der Waals surface area contributed by atoms with Crippen LogP contribution in [0.25, 0.3) is 0 Å². The van der Waals surface area contributed by atoms with E-state index in [2.05, 4.69) is 4.98 Å². The maximum absolute atomic E-state index is 12.9. The second kappa shape index (κ2) is 7.10. The Morgan fingerprint density at radius 3 is 2.50 bits per heavy atom. The number of imide groups is 2. The van der Waals surface area contributed by atoms with Gasteiger partial charge in [0.25, 0.3) is 5.82 Å². The van der Waals surface area contributed by atoms with Gasteiger partial charge in [-0.2, -0.15) is 0 Å². The third-order valence-corrected chi connectivity index (χ3v) is 4.70. The molecule has 0 saturated carbocycles. The summed E-state index contributed by atoms with van der Waals surface area (Å²) < 4.78 is 1.76. The van der Waals surface area contributed by atoms with Crippen molar-refractivity contribution in [1.82, 2.24) is 20.2 Å². The molecule has 2 aromatic heterocycles. The molecule has 0 spiro atoms. The fourth-order valence-electron chi connectivity index (χ4n) is 3.31. The molecule has 0 unspecified atom stereocenters. The van der Waals surface area contributed by atoms with Gasteiger partial charge in [-0.25, -0.2) is 18.9 Å². The van der Waals surface area contributed by atoms with Gasteiger partial charge in [0.15, 0.2) is 6.54 Å². The highest BCUT2D eigenvalue weighted by molar-refractivity contribution is 6.16. The number of aliphatic carboxylic acids is 1. The van der Waals surface area contributed by atoms with Gasteiger partial charge in [0, 0.05) is 26.2 Å². The van der Waals surface area contributed by atoms with Crippen LogP contribution in [-0.2, 0) is 20.9 Å². The van der Waals surface area contributed by atoms with E-state index in [9.17, 15) is 29.5 Å². The average Bonchev–Trinajstić information content (AvgIpc) is 2.82. The smallest absolute Gasteiger partial charge is 0.346 e. The number of pyridine rings is 1. The quantitative estimate of drug-likeness (QED) is 0.349. The molecule has 0 bridgehead atoms. The summed E-state index contributed by atoms with van der Waals surface area (Å²) in [6.07, 6.45) is 2.85. The molecule has 0 radical (unpaired) electrons. The first kappa shape index (κ1) is 19.0. The zero-order chi connectivity index (χ0) is 20.6. The standard InChI is InChI=1S/C17H17N5O6/c1-8-9(2)22(28)16(21(8)7-11(23)24)12(10-4-3-5-18-6-10)13-14(25)19-17(27)20-15(13)26/h3-6,12-13H,7H2,1-2H3,(H,23,24)(H2,19,20,25,26,27)/t12-/m1/s1. The third-order valence-electron chi connectivity index (χ3n) is 4.70. The predicted molar refractivity (Wildman–Crippen MR) is 91.8 cm³/mol. The summed E-state index contributed by atoms with van der Waals surface area (Å²) in [5, 5.41) is 26.2. The van der Waals surface area contributed by atoms with Crippen LogP contribution in [0.5, 0.6) is 0 Å². The molecule has 1 fully saturated rings. The monoisotopic (exact) mass is 387 g/mol. The maximum Gasteiger partial charge on any atom is 0.346 e. The van der Waals surface area contributed by atoms with Gasteiger partial charge in [0.05, 0.1) is 0 Å². The van der Waals surface area contributed by atoms with E-state index in [0.717, 1.165) is 0 Å². The number of carbonyl (C=O) groups excluding carboxylic acids is 3. The van der Waals surface area contributed by atoms with Crippen LogP contribution in [0.3, 0.4) is 0 Å². The second-order valence-electron chi connectivity index (χ2n) is 6.35. The molecule has 3 rings (SSSR count). The minimum absolute atomic E-state index is 0.102. The van der Waals surface area contributed by atoms with Gasteiger partial charge in [-0.15, -0.1) is 0 Å². The molecular formula is C17H17N5O6. The third kappa shape index (κ3) is 3.17. The Morgan fingerprint density at radius 2 is 1.96 bits per heavy atom. The molecule has 1 atom stereocenters. The maximum atomic E-state index is 12.9. The van der Waals surface area contributed by atoms with Gasteiger partial charge < -0.3 is 10.3 Å². The van der Waals surface area contributed by atoms with Gasteiger partial charge in [0.2, 0.25) is 11.8 Å². The summed E-state index contributed by atoms with van der Waals surface area (Å²) in [6, 6.07) is 2.17. The van der Waals surface area contributed by atoms with E-state index in [4.69, 9.17) is 0 Å². The summed E-state index contributed by atoms with van der Waals surface area (Å²) in [5.74, 6) is -5.70. The summed E-state index contributed by atoms with van der Waals surface area (Å²) in [6.45, 7) is 2.54. The Hall–Kier alpha value is -3.76. The molecule has 28 heavy (non-hydrogen) atoms. The van der Waals surface area contributed by atoms with E-state index < -0.39 is 42.2 Å². The number of hydrogen-bond acceptors (Lipinski definition) is 6. The zero-order valence-corrected chi connectivity index (χ0v) is 15.0. The Bertz CT molecular complexity index is 964. The van der Waals surface area contributed by atoms with Crippen LogP contribution in [0.1, 0.15) is 28.7 Å². The van der Waals surface area contributed by atoms with Crippen LogP contribution in [-0.4, -0.2) is 38.5 Å². The van der Waals surface area contributed by atoms with Crippen molar-refractivity contribution in [2.45, 2.75) is 26.3 Å². The van der Waals surface area contributed by atoms with E-state index in [1.165, 1.54) is 23.9 Å². The van der Waals surface area contributed by atoms with E-state index in [0.29, 0.717) is 16.0 Å². The number of barbiturate groups is 1. The Balaban J connectivity index is 2.26. The van der Waals surface area contributed by atoms with Gasteiger partial charge >= 0.3 is 12.0 Å². The number of nitrogens with zero attached hydrogens (tertiary/aromatic N) is 3. The minimum atomic E-state index is -1.47. The van der Waals surface area contributed by atoms with Crippen molar-refractivity contribution in [1.29, 1.82) is 0 Å². The van der Waals surface area contributed by atoms with Gasteiger partial charge in [-0.1, -0.05) is 6.07 Å². The molecule has 0 aliphatic carbocycles. The Kier molecular flexibility index (Phi) is 4.82. The van der Waals surface area contributed by atoms with Crippen LogP contribution in [0.4, 0.5) is 4.79 Å². The number of carboxylic acid groups (broad SMARTS) is 1. The molecule has 4 amide bonds. The highest BCUT2D eigenvalue weighted by atomic mass is 16.5. The van der Waals surface area contributed by atoms with Crippen LogP contribution in [0.2, 0.25) is 0 Å². The number of carboxylic acids is 1. The lowest BCUT2D eigenvalue weighted by Crippen LogP contribution is -2.58. The van der Waals surface area contributed by atoms with E-state index in [1.54, 1.807) is 19.1 Å². The number of urea groups is 1. The number of nitrogens with one attached hydrogen (secondary N) is 2. The lowest BCUT2D eigenvalue weighted by atomic mass is 9.83. The van der Waals surface area contributed by atoms with Crippen molar-refractivity contribution in [3.63, 3.8) is 0 Å². The zero-order valence-electron chi connectivity index (χ0n) is 15.0. The van der Waals surface area contributed by atoms with Gasteiger partial charge in [-0.3, -0.25) is 25.2 Å². The normalized spacial score (nSPS) is 15.9. The lowest BCUT2D eigenvalue weighted by Gasteiger charge is -2.27. The van der Waals surface area contributed by atoms with Crippen LogP contribution >= 0.6 is 0 Å². The van der Waals surface area contributed by atoms with E-state index in [-0.39, 0.29) is 11.5 Å². The molecule has 1 aliphatic heterocycles. The van der Waals surface area contributed by atoms with Crippen molar-refractivity contribution in [2.24, 2.45) is 5.92 Å². The summed E-state index contributed by atoms with van der Waals surface area (Å²) >= 11 is 0. The lowest BCUT2D eigenvalue weighted by molar-refractivity contribution is -0.621. The minimum Gasteiger partial charge on any atom is -0.711 e. The van der Waals surface area contributed by atoms with Gasteiger partial charge in [-0.05, 0) is 11.6 Å². The molecule has 0 aromatic carbocycles. The topological polar surface area (TPSA) is 157 Å². The molecule has 146 valence electrons. The molecule has 2 aromatic rings. The van der Waals surface area contributed by atoms with Crippen molar-refractivity contribution in [3.8, 4) is 0 Å². The Morgan fingerprint density at radius 1 is 1.32 bits per heavy atom. The molecule has 3 N–H and O–H groups in total. The number of aromatic nitrogens is 3. The highest BCUT2D eigenvalue weighted by Crippen LogP contribution is 2.33. The van der Waals surface area contributed by atoms with E-state index in [1.807, 2.05) is 10.6 Å². The molecule has 3 heterocycles. The molecular weight excluding hydrogens is 370 g/mol. The second-order valence-corrected chi connectivity index (χ2v) is 6.35. The largest absolute Gasteiger partial charge is 0.711 e. The molecule has 1 saturated heterocycles. The van der Waals surface area contributed by atoms with Crippen molar-refractivity contribution < 1.29 is 29.0 Å². The van der Waals surface area contributed by atoms with Gasteiger partial charge in [0.1, 0.15) is 23.2 Å². The van der Waals surface area contributed by atoms with Crippen molar-refractivity contribution in [2.75, 3.05) is 0 Å². The summed E-state index contributed by atoms with van der Waals surface area (Å²) in [7, 11) is 0. The number of rotatable bonds is 5. The molecule has 11 heteroatoms. The first-order chi connectivity index (χ1) is 13.2. The molecule has 11 nitrogen and oxygen atoms in total. The van der Waals surface area contributed by atoms with Crippen LogP contribution < -0.4 is 15.4 Å². The first-order valence-corrected chi connectivity index (χ1v) is 8.29. The fourth-order valence-corrected chi connectivity index (χ4v) is 3.31. The van der Waals surface area contributed by atoms with Crippen molar-refractivity contribution in [3.05, 3.63) is 52.5 Å². The summed E-state index contributed by atoms with van der Waals surface area (Å²) in [5.41, 5.74) is 0.965. The van der Waals surface area contributed by atoms with Crippen LogP contribution in [0, 0.1) is 25.0 Å². The number of hydrogen-bond donors (Lipinski definition) is 3. The first-order valence-electron chi connectivity index (χ1n) is 8.29. The average molecular weight is 387 g/mol. The number of carbonyl (C=O) groups is 4. The predicted octanol–water partition coefficient (Wildman–Crippen LogP) is -0.668. The highest BCUT2D eigenvalue weighted by Gasteiger charge is 2.47. The Labute approximate surface area is 158 Å². The van der Waals surface area contributed by atoms with Crippen LogP contribution in [0.15, 0.2) is 24.5 Å². The van der Waals surface area contributed by atoms with E-state index >= 15 is 0 Å². The summed E-state index contributed by atoms with van der Waals surface area (Å²) in [4.78, 5) is 51.7. The fraction of sp³-hybridized carbons (Fsp3) is 0.294.